The number of ether oxygens (including phenoxy) is 3. The van der Waals surface area contributed by atoms with E-state index in [4.69, 9.17) is 18.6 Å². The van der Waals surface area contributed by atoms with Crippen LogP contribution in [0.15, 0.2) is 78.5 Å². The predicted molar refractivity (Wildman–Crippen MR) is 166 cm³/mol. The molecule has 5 rings (SSSR count). The van der Waals surface area contributed by atoms with Gasteiger partial charge in [0.1, 0.15) is 11.5 Å². The van der Waals surface area contributed by atoms with Gasteiger partial charge in [-0.05, 0) is 82.1 Å². The number of aromatic nitrogens is 1. The molecule has 0 saturated carbocycles. The lowest BCUT2D eigenvalue weighted by atomic mass is 9.95. The van der Waals surface area contributed by atoms with Crippen LogP contribution >= 0.6 is 27.3 Å². The highest BCUT2D eigenvalue weighted by molar-refractivity contribution is 9.10. The summed E-state index contributed by atoms with van der Waals surface area (Å²) in [5.41, 5.74) is 3.22. The van der Waals surface area contributed by atoms with Crippen molar-refractivity contribution in [3.63, 3.8) is 0 Å². The summed E-state index contributed by atoms with van der Waals surface area (Å²) in [6.45, 7) is 10.4. The smallest absolute Gasteiger partial charge is 0.338 e. The number of halogens is 1. The molecule has 0 N–H and O–H groups in total. The molecule has 1 atom stereocenters. The molecule has 0 saturated heterocycles. The van der Waals surface area contributed by atoms with E-state index in [1.807, 2.05) is 63.2 Å². The minimum atomic E-state index is -0.770. The third kappa shape index (κ3) is 5.73. The Morgan fingerprint density at radius 3 is 2.50 bits per heavy atom. The maximum absolute atomic E-state index is 14.0. The second kappa shape index (κ2) is 12.5. The minimum Gasteiger partial charge on any atom is -0.490 e. The second-order valence-electron chi connectivity index (χ2n) is 9.56. The van der Waals surface area contributed by atoms with Crippen LogP contribution in [0.3, 0.4) is 0 Å². The van der Waals surface area contributed by atoms with Crippen molar-refractivity contribution in [2.24, 2.45) is 4.99 Å². The van der Waals surface area contributed by atoms with Crippen LogP contribution in [0, 0.1) is 6.92 Å². The van der Waals surface area contributed by atoms with Gasteiger partial charge in [-0.3, -0.25) is 9.36 Å². The number of rotatable bonds is 9. The quantitative estimate of drug-likeness (QED) is 0.209. The number of hydrogen-bond acceptors (Lipinski definition) is 8. The Kier molecular flexibility index (Phi) is 8.84. The predicted octanol–water partition coefficient (Wildman–Crippen LogP) is 5.93. The number of esters is 1. The summed E-state index contributed by atoms with van der Waals surface area (Å²) in [6, 6.07) is 14.4. The molecule has 3 heterocycles. The van der Waals surface area contributed by atoms with Gasteiger partial charge in [0.25, 0.3) is 5.56 Å². The van der Waals surface area contributed by atoms with Gasteiger partial charge in [0.15, 0.2) is 16.3 Å². The molecule has 1 aliphatic heterocycles. The fraction of sp³-hybridized carbons (Fsp3) is 0.281. The first kappa shape index (κ1) is 29.6. The van der Waals surface area contributed by atoms with Gasteiger partial charge in [-0.25, -0.2) is 9.79 Å². The highest BCUT2D eigenvalue weighted by atomic mass is 79.9. The standard InChI is InChI=1S/C32H31BrN2O6S/c1-6-38-25-13-10-20(16-26(25)39-7-2)29-28(31(37)40-8-3)19(5)34-32-35(29)30(36)27(42-32)17-21-11-14-24(41-21)22-12-9-18(4)15-23(22)33/h9-17,29H,6-8H2,1-5H3/b27-17-/t29-/m0/s1. The normalized spacial score (nSPS) is 14.9. The lowest BCUT2D eigenvalue weighted by Crippen LogP contribution is -2.40. The van der Waals surface area contributed by atoms with Gasteiger partial charge < -0.3 is 18.6 Å². The van der Waals surface area contributed by atoms with Gasteiger partial charge in [-0.2, -0.15) is 0 Å². The highest BCUT2D eigenvalue weighted by Gasteiger charge is 2.34. The van der Waals surface area contributed by atoms with Crippen molar-refractivity contribution in [2.45, 2.75) is 40.7 Å². The first-order chi connectivity index (χ1) is 20.2. The van der Waals surface area contributed by atoms with Gasteiger partial charge in [0.05, 0.1) is 41.7 Å². The Hall–Kier alpha value is -3.89. The summed E-state index contributed by atoms with van der Waals surface area (Å²) in [6.07, 6.45) is 1.71. The minimum absolute atomic E-state index is 0.193. The Labute approximate surface area is 255 Å². The van der Waals surface area contributed by atoms with E-state index >= 15 is 0 Å². The third-order valence-electron chi connectivity index (χ3n) is 6.69. The summed E-state index contributed by atoms with van der Waals surface area (Å²) in [5.74, 6) is 1.80. The largest absolute Gasteiger partial charge is 0.490 e. The molecule has 8 nitrogen and oxygen atoms in total. The summed E-state index contributed by atoms with van der Waals surface area (Å²) >= 11 is 4.85. The van der Waals surface area contributed by atoms with E-state index in [1.165, 1.54) is 11.3 Å². The average molecular weight is 652 g/mol. The number of hydrogen-bond donors (Lipinski definition) is 0. The van der Waals surface area contributed by atoms with E-state index in [0.717, 1.165) is 15.6 Å². The van der Waals surface area contributed by atoms with Gasteiger partial charge in [-0.15, -0.1) is 0 Å². The van der Waals surface area contributed by atoms with Gasteiger partial charge >= 0.3 is 5.97 Å². The molecule has 0 fully saturated rings. The lowest BCUT2D eigenvalue weighted by molar-refractivity contribution is -0.139. The zero-order valence-electron chi connectivity index (χ0n) is 24.0. The zero-order chi connectivity index (χ0) is 30.0. The van der Waals surface area contributed by atoms with Crippen molar-refractivity contribution in [2.75, 3.05) is 19.8 Å². The molecule has 1 aliphatic rings. The number of furan rings is 1. The number of carbonyl (C=O) groups excluding carboxylic acids is 1. The number of thiazole rings is 1. The molecule has 0 spiro atoms. The van der Waals surface area contributed by atoms with Gasteiger partial charge in [-0.1, -0.05) is 39.4 Å². The highest BCUT2D eigenvalue weighted by Crippen LogP contribution is 2.36. The monoisotopic (exact) mass is 650 g/mol. The van der Waals surface area contributed by atoms with E-state index in [9.17, 15) is 9.59 Å². The van der Waals surface area contributed by atoms with Crippen LogP contribution in [0.4, 0.5) is 0 Å². The number of nitrogens with zero attached hydrogens (tertiary/aromatic N) is 2. The molecule has 0 aliphatic carbocycles. The molecule has 4 aromatic rings. The van der Waals surface area contributed by atoms with Crippen LogP contribution in [0.1, 0.15) is 50.6 Å². The Morgan fingerprint density at radius 2 is 1.79 bits per heavy atom. The molecule has 42 heavy (non-hydrogen) atoms. The molecule has 2 aromatic carbocycles. The van der Waals surface area contributed by atoms with Gasteiger partial charge in [0.2, 0.25) is 0 Å². The fourth-order valence-corrected chi connectivity index (χ4v) is 6.58. The lowest BCUT2D eigenvalue weighted by Gasteiger charge is -2.25. The van der Waals surface area contributed by atoms with Crippen LogP contribution in [0.5, 0.6) is 11.5 Å². The molecule has 0 bridgehead atoms. The molecular formula is C32H31BrN2O6S. The van der Waals surface area contributed by atoms with Crippen LogP contribution in [0.25, 0.3) is 17.4 Å². The van der Waals surface area contributed by atoms with E-state index in [1.54, 1.807) is 30.6 Å². The van der Waals surface area contributed by atoms with Crippen molar-refractivity contribution in [1.29, 1.82) is 0 Å². The van der Waals surface area contributed by atoms with Crippen LogP contribution < -0.4 is 24.4 Å². The Balaban J connectivity index is 1.65. The molecule has 218 valence electrons. The van der Waals surface area contributed by atoms with Crippen molar-refractivity contribution in [3.8, 4) is 22.8 Å². The van der Waals surface area contributed by atoms with Gasteiger partial charge in [0, 0.05) is 16.1 Å². The first-order valence-electron chi connectivity index (χ1n) is 13.7. The average Bonchev–Trinajstić information content (AvgIpc) is 3.53. The van der Waals surface area contributed by atoms with Crippen LogP contribution in [-0.4, -0.2) is 30.4 Å². The molecular weight excluding hydrogens is 620 g/mol. The number of allylic oxidation sites excluding steroid dienone is 1. The maximum Gasteiger partial charge on any atom is 0.338 e. The second-order valence-corrected chi connectivity index (χ2v) is 11.4. The van der Waals surface area contributed by atoms with Crippen molar-refractivity contribution in [1.82, 2.24) is 4.57 Å². The van der Waals surface area contributed by atoms with E-state index < -0.39 is 12.0 Å². The summed E-state index contributed by atoms with van der Waals surface area (Å²) in [7, 11) is 0. The molecule has 0 amide bonds. The molecule has 2 aromatic heterocycles. The molecule has 10 heteroatoms. The van der Waals surface area contributed by atoms with Crippen LogP contribution in [0.2, 0.25) is 0 Å². The van der Waals surface area contributed by atoms with Crippen molar-refractivity contribution < 1.29 is 23.4 Å². The van der Waals surface area contributed by atoms with Crippen molar-refractivity contribution >= 4 is 39.3 Å². The summed E-state index contributed by atoms with van der Waals surface area (Å²) < 4.78 is 26.0. The van der Waals surface area contributed by atoms with E-state index in [2.05, 4.69) is 20.9 Å². The summed E-state index contributed by atoms with van der Waals surface area (Å²) in [5, 5.41) is 0. The zero-order valence-corrected chi connectivity index (χ0v) is 26.4. The maximum atomic E-state index is 14.0. The van der Waals surface area contributed by atoms with E-state index in [0.29, 0.717) is 62.4 Å². The van der Waals surface area contributed by atoms with Crippen molar-refractivity contribution in [3.05, 3.63) is 101 Å². The Morgan fingerprint density at radius 1 is 1.02 bits per heavy atom. The third-order valence-corrected chi connectivity index (χ3v) is 8.33. The first-order valence-corrected chi connectivity index (χ1v) is 15.3. The number of fused-ring (bicyclic) bond motifs is 1. The summed E-state index contributed by atoms with van der Waals surface area (Å²) in [4.78, 5) is 32.4. The topological polar surface area (TPSA) is 92.3 Å². The Bertz CT molecular complexity index is 1870. The van der Waals surface area contributed by atoms with Crippen LogP contribution in [-0.2, 0) is 9.53 Å². The molecule has 0 radical (unpaired) electrons. The number of benzene rings is 2. The SMILES string of the molecule is CCOC(=O)C1=C(C)N=c2s/c(=C\c3ccc(-c4ccc(C)cc4Br)o3)c(=O)n2[C@H]1c1ccc(OCC)c(OCC)c1. The number of aryl methyl sites for hydroxylation is 1. The fourth-order valence-electron chi connectivity index (χ4n) is 4.87. The number of carbonyl (C=O) groups is 1. The van der Waals surface area contributed by atoms with E-state index in [-0.39, 0.29) is 12.2 Å². The molecule has 0 unspecified atom stereocenters.